The quantitative estimate of drug-likeness (QED) is 0.0582. The molecule has 0 aromatic heterocycles. The van der Waals surface area contributed by atoms with Crippen LogP contribution in [0.25, 0.3) is 0 Å². The third-order valence-corrected chi connectivity index (χ3v) is 16.0. The Balaban J connectivity index is 1.55. The largest absolute Gasteiger partial charge is 0.459 e. The third-order valence-electron chi connectivity index (χ3n) is 16.0. The van der Waals surface area contributed by atoms with E-state index in [1.54, 1.807) is 0 Å². The van der Waals surface area contributed by atoms with Crippen LogP contribution in [0.15, 0.2) is 60.7 Å². The number of hydrogen-bond acceptors (Lipinski definition) is 4. The molecule has 336 valence electrons. The van der Waals surface area contributed by atoms with Crippen molar-refractivity contribution in [3.63, 3.8) is 0 Å². The van der Waals surface area contributed by atoms with Crippen LogP contribution in [-0.4, -0.2) is 23.6 Å². The van der Waals surface area contributed by atoms with Crippen LogP contribution in [0.4, 0.5) is 0 Å². The summed E-state index contributed by atoms with van der Waals surface area (Å²) in [6.07, 6.45) is 27.7. The summed E-state index contributed by atoms with van der Waals surface area (Å²) < 4.78 is 12.2. The average molecular weight is 817 g/mol. The van der Waals surface area contributed by atoms with Gasteiger partial charge in [0.05, 0.1) is 17.2 Å². The molecule has 0 amide bonds. The highest BCUT2D eigenvalue weighted by Crippen LogP contribution is 2.66. The van der Waals surface area contributed by atoms with Crippen LogP contribution in [0.5, 0.6) is 0 Å². The van der Waals surface area contributed by atoms with E-state index in [4.69, 9.17) is 9.47 Å². The second-order valence-electron chi connectivity index (χ2n) is 21.6. The molecular weight excluding hydrogens is 725 g/mol. The predicted octanol–water partition coefficient (Wildman–Crippen LogP) is 17.2. The number of unbranched alkanes of at least 4 members (excludes halogenated alkanes) is 18. The summed E-state index contributed by atoms with van der Waals surface area (Å²) in [5.74, 6) is -0.449. The molecule has 0 heterocycles. The molecule has 0 radical (unpaired) electrons. The molecule has 2 atom stereocenters. The van der Waals surface area contributed by atoms with Crippen LogP contribution >= 0.6 is 0 Å². The standard InChI is InChI=1S/C55H92O4/c1-45(58-48(56)46-40-34-31-35-41-46)39-33-29-27-25-23-21-19-17-15-14-16-18-20-22-24-26-28-30-38-44-51(5,6)52(7,8)53(9,10)54(11,12)55(13,50(2,3)4)59-49(57)47-42-36-32-37-43-47/h31-32,34-37,40-43,45H,14-30,33,38-39,44H2,1-13H3. The lowest BCUT2D eigenvalue weighted by Crippen LogP contribution is -2.65. The fourth-order valence-corrected chi connectivity index (χ4v) is 9.46. The molecule has 0 N–H and O–H groups in total. The lowest BCUT2D eigenvalue weighted by atomic mass is 9.41. The molecule has 0 aliphatic heterocycles. The normalized spacial score (nSPS) is 14.5. The first-order chi connectivity index (χ1) is 27.6. The van der Waals surface area contributed by atoms with Crippen molar-refractivity contribution in [1.82, 2.24) is 0 Å². The Labute approximate surface area is 365 Å². The van der Waals surface area contributed by atoms with Crippen molar-refractivity contribution in [2.24, 2.45) is 27.1 Å². The van der Waals surface area contributed by atoms with E-state index in [0.29, 0.717) is 11.1 Å². The maximum atomic E-state index is 13.5. The first-order valence-electron chi connectivity index (χ1n) is 24.2. The number of esters is 2. The zero-order valence-electron chi connectivity index (χ0n) is 40.8. The van der Waals surface area contributed by atoms with Crippen molar-refractivity contribution in [2.75, 3.05) is 0 Å². The number of ether oxygens (including phenoxy) is 2. The molecule has 0 fully saturated rings. The number of carbonyl (C=O) groups excluding carboxylic acids is 2. The summed E-state index contributed by atoms with van der Waals surface area (Å²) in [5.41, 5.74) is -0.152. The molecule has 0 spiro atoms. The van der Waals surface area contributed by atoms with Gasteiger partial charge in [-0.15, -0.1) is 0 Å². The van der Waals surface area contributed by atoms with Gasteiger partial charge in [-0.2, -0.15) is 0 Å². The van der Waals surface area contributed by atoms with Crippen molar-refractivity contribution in [3.8, 4) is 0 Å². The summed E-state index contributed by atoms with van der Waals surface area (Å²) in [6, 6.07) is 18.7. The number of carbonyl (C=O) groups is 2. The van der Waals surface area contributed by atoms with Gasteiger partial charge in [-0.1, -0.05) is 228 Å². The lowest BCUT2D eigenvalue weighted by Gasteiger charge is -2.65. The molecule has 0 saturated heterocycles. The Morgan fingerprint density at radius 1 is 0.441 bits per heavy atom. The van der Waals surface area contributed by atoms with Gasteiger partial charge in [0.15, 0.2) is 0 Å². The van der Waals surface area contributed by atoms with Crippen LogP contribution < -0.4 is 0 Å². The smallest absolute Gasteiger partial charge is 0.338 e. The molecule has 0 aliphatic rings. The molecular formula is C55H92O4. The van der Waals surface area contributed by atoms with Crippen LogP contribution in [0.2, 0.25) is 0 Å². The highest BCUT2D eigenvalue weighted by molar-refractivity contribution is 5.90. The highest BCUT2D eigenvalue weighted by Gasteiger charge is 2.64. The zero-order valence-corrected chi connectivity index (χ0v) is 40.8. The van der Waals surface area contributed by atoms with E-state index in [9.17, 15) is 9.59 Å². The van der Waals surface area contributed by atoms with Gasteiger partial charge in [0, 0.05) is 10.8 Å². The minimum absolute atomic E-state index is 0.0149. The second-order valence-corrected chi connectivity index (χ2v) is 21.6. The molecule has 4 heteroatoms. The lowest BCUT2D eigenvalue weighted by molar-refractivity contribution is -0.219. The molecule has 0 aliphatic carbocycles. The van der Waals surface area contributed by atoms with Gasteiger partial charge in [-0.25, -0.2) is 9.59 Å². The maximum Gasteiger partial charge on any atom is 0.338 e. The number of rotatable bonds is 30. The van der Waals surface area contributed by atoms with Crippen molar-refractivity contribution >= 4 is 11.9 Å². The summed E-state index contributed by atoms with van der Waals surface area (Å²) in [4.78, 5) is 25.7. The molecule has 0 bridgehead atoms. The van der Waals surface area contributed by atoms with Crippen molar-refractivity contribution in [1.29, 1.82) is 0 Å². The van der Waals surface area contributed by atoms with E-state index >= 15 is 0 Å². The highest BCUT2D eigenvalue weighted by atomic mass is 16.6. The fourth-order valence-electron chi connectivity index (χ4n) is 9.46. The van der Waals surface area contributed by atoms with E-state index in [-0.39, 0.29) is 45.1 Å². The monoisotopic (exact) mass is 817 g/mol. The summed E-state index contributed by atoms with van der Waals surface area (Å²) in [5, 5.41) is 0. The van der Waals surface area contributed by atoms with Gasteiger partial charge in [0.1, 0.15) is 5.60 Å². The first kappa shape index (κ1) is 52.5. The van der Waals surface area contributed by atoms with Gasteiger partial charge in [0.2, 0.25) is 0 Å². The van der Waals surface area contributed by atoms with Gasteiger partial charge in [-0.05, 0) is 73.6 Å². The molecule has 2 aromatic rings. The Kier molecular flexibility index (Phi) is 22.0. The third kappa shape index (κ3) is 15.7. The van der Waals surface area contributed by atoms with Crippen LogP contribution in [0, 0.1) is 27.1 Å². The van der Waals surface area contributed by atoms with Gasteiger partial charge >= 0.3 is 11.9 Å². The van der Waals surface area contributed by atoms with Crippen molar-refractivity contribution in [2.45, 2.75) is 237 Å². The van der Waals surface area contributed by atoms with Crippen molar-refractivity contribution in [3.05, 3.63) is 71.8 Å². The van der Waals surface area contributed by atoms with Gasteiger partial charge < -0.3 is 9.47 Å². The minimum Gasteiger partial charge on any atom is -0.459 e. The Morgan fingerprint density at radius 3 is 1.15 bits per heavy atom. The topological polar surface area (TPSA) is 52.6 Å². The van der Waals surface area contributed by atoms with E-state index in [1.807, 2.05) is 67.6 Å². The summed E-state index contributed by atoms with van der Waals surface area (Å²) in [7, 11) is 0. The zero-order chi connectivity index (χ0) is 44.2. The molecule has 2 rings (SSSR count). The van der Waals surface area contributed by atoms with E-state index < -0.39 is 5.60 Å². The van der Waals surface area contributed by atoms with E-state index in [0.717, 1.165) is 12.8 Å². The second kappa shape index (κ2) is 24.7. The Hall–Kier alpha value is -2.62. The summed E-state index contributed by atoms with van der Waals surface area (Å²) in [6.45, 7) is 30.2. The van der Waals surface area contributed by atoms with Crippen molar-refractivity contribution < 1.29 is 19.1 Å². The Bertz CT molecular complexity index is 1450. The number of benzene rings is 2. The van der Waals surface area contributed by atoms with E-state index in [1.165, 1.54) is 122 Å². The fraction of sp³-hybridized carbons (Fsp3) is 0.745. The summed E-state index contributed by atoms with van der Waals surface area (Å²) >= 11 is 0. The van der Waals surface area contributed by atoms with Gasteiger partial charge in [-0.3, -0.25) is 0 Å². The molecule has 2 aromatic carbocycles. The molecule has 4 nitrogen and oxygen atoms in total. The first-order valence-corrected chi connectivity index (χ1v) is 24.2. The molecule has 59 heavy (non-hydrogen) atoms. The van der Waals surface area contributed by atoms with E-state index in [2.05, 4.69) is 83.1 Å². The average Bonchev–Trinajstić information content (AvgIpc) is 3.18. The molecule has 2 unspecified atom stereocenters. The minimum atomic E-state index is -0.712. The van der Waals surface area contributed by atoms with Gasteiger partial charge in [0.25, 0.3) is 0 Å². The van der Waals surface area contributed by atoms with Crippen LogP contribution in [0.3, 0.4) is 0 Å². The number of hydrogen-bond donors (Lipinski definition) is 0. The van der Waals surface area contributed by atoms with Crippen LogP contribution in [0.1, 0.15) is 246 Å². The SMILES string of the molecule is CC(CCCCCCCCCCCCCCCCCCCCCC(C)(C)C(C)(C)C(C)(C)C(C)(C)C(C)(OC(=O)c1ccccc1)C(C)(C)C)OC(=O)c1ccccc1. The molecule has 0 saturated carbocycles. The van der Waals surface area contributed by atoms with Crippen LogP contribution in [-0.2, 0) is 9.47 Å². The Morgan fingerprint density at radius 2 is 0.780 bits per heavy atom. The predicted molar refractivity (Wildman–Crippen MR) is 253 cm³/mol. The maximum absolute atomic E-state index is 13.5.